The zero-order chi connectivity index (χ0) is 11.4. The van der Waals surface area contributed by atoms with E-state index in [-0.39, 0.29) is 0 Å². The number of methoxy groups -OCH3 is 1. The summed E-state index contributed by atoms with van der Waals surface area (Å²) in [6.45, 7) is 3.33. The SMILES string of the molecule is COc1cc(NCC2(C)CCCS2)ccn1. The first-order valence-electron chi connectivity index (χ1n) is 5.60. The molecule has 0 aliphatic carbocycles. The molecular weight excluding hydrogens is 220 g/mol. The Bertz CT molecular complexity index is 351. The van der Waals surface area contributed by atoms with Crippen LogP contribution in [0.5, 0.6) is 5.88 Å². The van der Waals surface area contributed by atoms with Crippen molar-refractivity contribution in [1.82, 2.24) is 4.98 Å². The van der Waals surface area contributed by atoms with Gasteiger partial charge in [0.1, 0.15) is 0 Å². The number of ether oxygens (including phenoxy) is 1. The molecule has 1 atom stereocenters. The molecule has 1 aromatic rings. The summed E-state index contributed by atoms with van der Waals surface area (Å²) in [6.07, 6.45) is 4.40. The molecule has 1 aliphatic heterocycles. The Balaban J connectivity index is 1.93. The Labute approximate surface area is 101 Å². The van der Waals surface area contributed by atoms with Crippen molar-refractivity contribution in [3.8, 4) is 5.88 Å². The molecule has 3 nitrogen and oxygen atoms in total. The van der Waals surface area contributed by atoms with Crippen molar-refractivity contribution in [2.45, 2.75) is 24.5 Å². The highest BCUT2D eigenvalue weighted by molar-refractivity contribution is 8.00. The molecule has 2 rings (SSSR count). The summed E-state index contributed by atoms with van der Waals surface area (Å²) in [4.78, 5) is 4.09. The number of nitrogens with zero attached hydrogens (tertiary/aromatic N) is 1. The van der Waals surface area contributed by atoms with Gasteiger partial charge in [0.2, 0.25) is 5.88 Å². The summed E-state index contributed by atoms with van der Waals surface area (Å²) in [6, 6.07) is 3.91. The van der Waals surface area contributed by atoms with Gasteiger partial charge in [-0.25, -0.2) is 4.98 Å². The third-order valence-electron chi connectivity index (χ3n) is 2.91. The molecule has 0 bridgehead atoms. The van der Waals surface area contributed by atoms with E-state index >= 15 is 0 Å². The average Bonchev–Trinajstić information content (AvgIpc) is 2.75. The molecule has 1 fully saturated rings. The molecule has 1 aliphatic rings. The fraction of sp³-hybridized carbons (Fsp3) is 0.583. The molecule has 0 radical (unpaired) electrons. The van der Waals surface area contributed by atoms with Gasteiger partial charge in [0.25, 0.3) is 0 Å². The zero-order valence-electron chi connectivity index (χ0n) is 9.82. The molecule has 16 heavy (non-hydrogen) atoms. The van der Waals surface area contributed by atoms with Crippen LogP contribution >= 0.6 is 11.8 Å². The van der Waals surface area contributed by atoms with Gasteiger partial charge in [-0.3, -0.25) is 0 Å². The molecule has 4 heteroatoms. The van der Waals surface area contributed by atoms with E-state index in [1.807, 2.05) is 12.1 Å². The van der Waals surface area contributed by atoms with Gasteiger partial charge >= 0.3 is 0 Å². The number of anilines is 1. The van der Waals surface area contributed by atoms with E-state index in [2.05, 4.69) is 29.0 Å². The molecule has 2 heterocycles. The molecule has 1 saturated heterocycles. The summed E-state index contributed by atoms with van der Waals surface area (Å²) < 4.78 is 5.48. The van der Waals surface area contributed by atoms with Crippen molar-refractivity contribution in [2.24, 2.45) is 0 Å². The van der Waals surface area contributed by atoms with Crippen molar-refractivity contribution in [3.63, 3.8) is 0 Å². The van der Waals surface area contributed by atoms with Gasteiger partial charge in [-0.1, -0.05) is 0 Å². The third kappa shape index (κ3) is 2.82. The van der Waals surface area contributed by atoms with Crippen LogP contribution in [0.1, 0.15) is 19.8 Å². The highest BCUT2D eigenvalue weighted by Crippen LogP contribution is 2.37. The summed E-state index contributed by atoms with van der Waals surface area (Å²) in [7, 11) is 1.64. The summed E-state index contributed by atoms with van der Waals surface area (Å²) in [5.41, 5.74) is 1.08. The maximum Gasteiger partial charge on any atom is 0.214 e. The lowest BCUT2D eigenvalue weighted by molar-refractivity contribution is 0.398. The Morgan fingerprint density at radius 2 is 2.50 bits per heavy atom. The standard InChI is InChI=1S/C12H18N2OS/c1-12(5-3-7-16-12)9-14-10-4-6-13-11(8-10)15-2/h4,6,8H,3,5,7,9H2,1-2H3,(H,13,14). The van der Waals surface area contributed by atoms with Crippen LogP contribution in [0.2, 0.25) is 0 Å². The second kappa shape index (κ2) is 4.95. The molecule has 1 unspecified atom stereocenters. The Morgan fingerprint density at radius 3 is 3.19 bits per heavy atom. The van der Waals surface area contributed by atoms with Gasteiger partial charge in [0.05, 0.1) is 7.11 Å². The van der Waals surface area contributed by atoms with Gasteiger partial charge in [-0.05, 0) is 31.6 Å². The number of aromatic nitrogens is 1. The van der Waals surface area contributed by atoms with Crippen molar-refractivity contribution in [1.29, 1.82) is 0 Å². The van der Waals surface area contributed by atoms with Crippen LogP contribution in [0.15, 0.2) is 18.3 Å². The van der Waals surface area contributed by atoms with Crippen molar-refractivity contribution >= 4 is 17.4 Å². The highest BCUT2D eigenvalue weighted by atomic mass is 32.2. The lowest BCUT2D eigenvalue weighted by Gasteiger charge is -2.23. The molecule has 0 aromatic carbocycles. The number of hydrogen-bond donors (Lipinski definition) is 1. The third-order valence-corrected chi connectivity index (χ3v) is 4.45. The van der Waals surface area contributed by atoms with Crippen LogP contribution < -0.4 is 10.1 Å². The monoisotopic (exact) mass is 238 g/mol. The molecule has 1 N–H and O–H groups in total. The van der Waals surface area contributed by atoms with Gasteiger partial charge < -0.3 is 10.1 Å². The Hall–Kier alpha value is -0.900. The summed E-state index contributed by atoms with van der Waals surface area (Å²) in [5, 5.41) is 3.46. The second-order valence-corrected chi connectivity index (χ2v) is 6.02. The molecule has 88 valence electrons. The minimum absolute atomic E-state index is 0.385. The maximum atomic E-state index is 5.10. The topological polar surface area (TPSA) is 34.1 Å². The van der Waals surface area contributed by atoms with Crippen molar-refractivity contribution < 1.29 is 4.74 Å². The largest absolute Gasteiger partial charge is 0.481 e. The summed E-state index contributed by atoms with van der Waals surface area (Å²) in [5.74, 6) is 1.95. The predicted octanol–water partition coefficient (Wildman–Crippen LogP) is 2.79. The minimum Gasteiger partial charge on any atom is -0.481 e. The van der Waals surface area contributed by atoms with E-state index in [4.69, 9.17) is 4.74 Å². The first kappa shape index (κ1) is 11.6. The van der Waals surface area contributed by atoms with Crippen LogP contribution in [-0.4, -0.2) is 29.1 Å². The zero-order valence-corrected chi connectivity index (χ0v) is 10.6. The van der Waals surface area contributed by atoms with Crippen LogP contribution in [0.25, 0.3) is 0 Å². The summed E-state index contributed by atoms with van der Waals surface area (Å²) >= 11 is 2.06. The van der Waals surface area contributed by atoms with Crippen molar-refractivity contribution in [3.05, 3.63) is 18.3 Å². The smallest absolute Gasteiger partial charge is 0.214 e. The second-order valence-electron chi connectivity index (χ2n) is 4.34. The molecule has 1 aromatic heterocycles. The van der Waals surface area contributed by atoms with Crippen LogP contribution in [0.4, 0.5) is 5.69 Å². The lowest BCUT2D eigenvalue weighted by atomic mass is 10.1. The molecular formula is C12H18N2OS. The predicted molar refractivity (Wildman–Crippen MR) is 69.4 cm³/mol. The fourth-order valence-electron chi connectivity index (χ4n) is 1.90. The van der Waals surface area contributed by atoms with E-state index in [0.29, 0.717) is 10.6 Å². The van der Waals surface area contributed by atoms with E-state index in [0.717, 1.165) is 12.2 Å². The van der Waals surface area contributed by atoms with Gasteiger partial charge in [-0.2, -0.15) is 11.8 Å². The average molecular weight is 238 g/mol. The normalized spacial score (nSPS) is 24.4. The van der Waals surface area contributed by atoms with Crippen LogP contribution in [0.3, 0.4) is 0 Å². The number of pyridine rings is 1. The van der Waals surface area contributed by atoms with Gasteiger partial charge in [0, 0.05) is 29.2 Å². The van der Waals surface area contributed by atoms with E-state index in [1.54, 1.807) is 13.3 Å². The van der Waals surface area contributed by atoms with Crippen molar-refractivity contribution in [2.75, 3.05) is 24.7 Å². The maximum absolute atomic E-state index is 5.10. The Morgan fingerprint density at radius 1 is 1.62 bits per heavy atom. The number of hydrogen-bond acceptors (Lipinski definition) is 4. The quantitative estimate of drug-likeness (QED) is 0.874. The van der Waals surface area contributed by atoms with Crippen LogP contribution in [-0.2, 0) is 0 Å². The highest BCUT2D eigenvalue weighted by Gasteiger charge is 2.28. The first-order chi connectivity index (χ1) is 7.72. The molecule has 0 saturated carbocycles. The lowest BCUT2D eigenvalue weighted by Crippen LogP contribution is -2.27. The van der Waals surface area contributed by atoms with Crippen LogP contribution in [0, 0.1) is 0 Å². The number of thioether (sulfide) groups is 1. The van der Waals surface area contributed by atoms with Gasteiger partial charge in [-0.15, -0.1) is 0 Å². The molecule has 0 spiro atoms. The van der Waals surface area contributed by atoms with Gasteiger partial charge in [0.15, 0.2) is 0 Å². The number of rotatable bonds is 4. The number of nitrogens with one attached hydrogen (secondary N) is 1. The minimum atomic E-state index is 0.385. The first-order valence-corrected chi connectivity index (χ1v) is 6.58. The fourth-order valence-corrected chi connectivity index (χ4v) is 3.14. The Kier molecular flexibility index (Phi) is 3.59. The molecule has 0 amide bonds. The van der Waals surface area contributed by atoms with E-state index < -0.39 is 0 Å². The van der Waals surface area contributed by atoms with E-state index in [1.165, 1.54) is 18.6 Å². The van der Waals surface area contributed by atoms with E-state index in [9.17, 15) is 0 Å².